The summed E-state index contributed by atoms with van der Waals surface area (Å²) < 4.78 is 5.15. The number of amides is 2. The van der Waals surface area contributed by atoms with Crippen molar-refractivity contribution in [2.45, 2.75) is 6.54 Å². The molecule has 0 aliphatic rings. The lowest BCUT2D eigenvalue weighted by atomic mass is 10.2. The van der Waals surface area contributed by atoms with Crippen LogP contribution < -0.4 is 10.1 Å². The zero-order valence-electron chi connectivity index (χ0n) is 12.9. The van der Waals surface area contributed by atoms with Crippen LogP contribution in [0.25, 0.3) is 0 Å². The van der Waals surface area contributed by atoms with Gasteiger partial charge in [-0.15, -0.1) is 0 Å². The van der Waals surface area contributed by atoms with Gasteiger partial charge in [-0.3, -0.25) is 10.1 Å². The van der Waals surface area contributed by atoms with Crippen LogP contribution in [0.15, 0.2) is 48.5 Å². The third-order valence-corrected chi connectivity index (χ3v) is 3.23. The van der Waals surface area contributed by atoms with Gasteiger partial charge in [-0.05, 0) is 29.8 Å². The number of nitrogens with zero attached hydrogens (tertiary/aromatic N) is 2. The number of ether oxygens (including phenoxy) is 1. The van der Waals surface area contributed by atoms with Gasteiger partial charge >= 0.3 is 6.03 Å². The van der Waals surface area contributed by atoms with E-state index in [4.69, 9.17) is 4.74 Å². The highest BCUT2D eigenvalue weighted by atomic mass is 16.6. The Morgan fingerprint density at radius 1 is 1.26 bits per heavy atom. The molecular formula is C16H17N3O4. The van der Waals surface area contributed by atoms with Crippen molar-refractivity contribution in [1.29, 1.82) is 0 Å². The van der Waals surface area contributed by atoms with Gasteiger partial charge in [-0.1, -0.05) is 12.1 Å². The Bertz CT molecular complexity index is 701. The number of benzene rings is 2. The number of anilines is 1. The highest BCUT2D eigenvalue weighted by Gasteiger charge is 2.11. The summed E-state index contributed by atoms with van der Waals surface area (Å²) in [4.78, 5) is 23.8. The zero-order chi connectivity index (χ0) is 16.8. The van der Waals surface area contributed by atoms with Crippen molar-refractivity contribution in [3.63, 3.8) is 0 Å². The average Bonchev–Trinajstić information content (AvgIpc) is 2.55. The molecule has 0 spiro atoms. The summed E-state index contributed by atoms with van der Waals surface area (Å²) >= 11 is 0. The number of nitrogens with one attached hydrogen (secondary N) is 1. The Hall–Kier alpha value is -3.09. The van der Waals surface area contributed by atoms with E-state index in [1.807, 2.05) is 24.3 Å². The highest BCUT2D eigenvalue weighted by molar-refractivity contribution is 5.89. The van der Waals surface area contributed by atoms with Gasteiger partial charge in [0.2, 0.25) is 0 Å². The molecule has 0 unspecified atom stereocenters. The number of carbonyl (C=O) groups is 1. The van der Waals surface area contributed by atoms with Gasteiger partial charge in [0.25, 0.3) is 5.69 Å². The maximum Gasteiger partial charge on any atom is 0.321 e. The average molecular weight is 315 g/mol. The van der Waals surface area contributed by atoms with Crippen molar-refractivity contribution < 1.29 is 14.5 Å². The van der Waals surface area contributed by atoms with Gasteiger partial charge in [0.15, 0.2) is 0 Å². The fraction of sp³-hybridized carbons (Fsp3) is 0.188. The Morgan fingerprint density at radius 2 is 1.96 bits per heavy atom. The Morgan fingerprint density at radius 3 is 2.57 bits per heavy atom. The first-order valence-electron chi connectivity index (χ1n) is 6.89. The minimum absolute atomic E-state index is 0.0206. The number of methoxy groups -OCH3 is 1. The van der Waals surface area contributed by atoms with Crippen molar-refractivity contribution in [3.05, 3.63) is 64.2 Å². The molecule has 0 saturated carbocycles. The Balaban J connectivity index is 1.97. The molecule has 7 heteroatoms. The second kappa shape index (κ2) is 7.26. The molecule has 0 heterocycles. The number of nitro groups is 1. The summed E-state index contributed by atoms with van der Waals surface area (Å²) in [6, 6.07) is 12.8. The lowest BCUT2D eigenvalue weighted by molar-refractivity contribution is -0.384. The van der Waals surface area contributed by atoms with Crippen molar-refractivity contribution >= 4 is 17.4 Å². The molecule has 0 radical (unpaired) electrons. The van der Waals surface area contributed by atoms with E-state index in [1.54, 1.807) is 14.2 Å². The maximum atomic E-state index is 12.1. The van der Waals surface area contributed by atoms with Crippen molar-refractivity contribution in [2.75, 3.05) is 19.5 Å². The van der Waals surface area contributed by atoms with Crippen molar-refractivity contribution in [1.82, 2.24) is 4.90 Å². The molecule has 2 rings (SSSR count). The van der Waals surface area contributed by atoms with Gasteiger partial charge in [0.1, 0.15) is 5.75 Å². The smallest absolute Gasteiger partial charge is 0.321 e. The third kappa shape index (κ3) is 4.44. The standard InChI is InChI=1S/C16H17N3O4/c1-18(11-12-4-3-5-15(10-12)23-2)16(20)17-13-6-8-14(9-7-13)19(21)22/h3-10H,11H2,1-2H3,(H,17,20). The van der Waals surface area contributed by atoms with Gasteiger partial charge in [0.05, 0.1) is 12.0 Å². The summed E-state index contributed by atoms with van der Waals surface area (Å²) in [7, 11) is 3.25. The van der Waals surface area contributed by atoms with Crippen LogP contribution in [0.4, 0.5) is 16.2 Å². The fourth-order valence-electron chi connectivity index (χ4n) is 2.00. The van der Waals surface area contributed by atoms with Crippen LogP contribution in [0.5, 0.6) is 5.75 Å². The van der Waals surface area contributed by atoms with Crippen LogP contribution in [0.1, 0.15) is 5.56 Å². The van der Waals surface area contributed by atoms with Crippen LogP contribution in [-0.4, -0.2) is 30.0 Å². The van der Waals surface area contributed by atoms with E-state index in [-0.39, 0.29) is 11.7 Å². The van der Waals surface area contributed by atoms with Crippen LogP contribution >= 0.6 is 0 Å². The minimum Gasteiger partial charge on any atom is -0.497 e. The second-order valence-electron chi connectivity index (χ2n) is 4.94. The molecule has 2 aromatic carbocycles. The van der Waals surface area contributed by atoms with Crippen LogP contribution in [0, 0.1) is 10.1 Å². The molecule has 0 saturated heterocycles. The monoisotopic (exact) mass is 315 g/mol. The number of rotatable bonds is 5. The number of nitro benzene ring substituents is 1. The maximum absolute atomic E-state index is 12.1. The van der Waals surface area contributed by atoms with E-state index in [0.717, 1.165) is 11.3 Å². The molecular weight excluding hydrogens is 298 g/mol. The van der Waals surface area contributed by atoms with E-state index in [1.165, 1.54) is 29.2 Å². The Labute approximate surface area is 133 Å². The van der Waals surface area contributed by atoms with E-state index < -0.39 is 4.92 Å². The summed E-state index contributed by atoms with van der Waals surface area (Å²) in [5, 5.41) is 13.3. The molecule has 0 aliphatic heterocycles. The van der Waals surface area contributed by atoms with E-state index in [9.17, 15) is 14.9 Å². The molecule has 2 aromatic rings. The normalized spacial score (nSPS) is 10.0. The third-order valence-electron chi connectivity index (χ3n) is 3.23. The fourth-order valence-corrected chi connectivity index (χ4v) is 2.00. The molecule has 0 aromatic heterocycles. The predicted molar refractivity (Wildman–Crippen MR) is 86.6 cm³/mol. The number of hydrogen-bond acceptors (Lipinski definition) is 4. The zero-order valence-corrected chi connectivity index (χ0v) is 12.9. The molecule has 23 heavy (non-hydrogen) atoms. The van der Waals surface area contributed by atoms with Crippen LogP contribution in [0.2, 0.25) is 0 Å². The van der Waals surface area contributed by atoms with Gasteiger partial charge in [-0.2, -0.15) is 0 Å². The van der Waals surface area contributed by atoms with E-state index in [0.29, 0.717) is 12.2 Å². The topological polar surface area (TPSA) is 84.7 Å². The van der Waals surface area contributed by atoms with Gasteiger partial charge in [0, 0.05) is 31.4 Å². The number of non-ortho nitro benzene ring substituents is 1. The quantitative estimate of drug-likeness (QED) is 0.678. The predicted octanol–water partition coefficient (Wildman–Crippen LogP) is 3.27. The number of hydrogen-bond donors (Lipinski definition) is 1. The highest BCUT2D eigenvalue weighted by Crippen LogP contribution is 2.17. The summed E-state index contributed by atoms with van der Waals surface area (Å²) in [6.07, 6.45) is 0. The molecule has 0 bridgehead atoms. The SMILES string of the molecule is COc1cccc(CN(C)C(=O)Nc2ccc([N+](=O)[O-])cc2)c1. The summed E-state index contributed by atoms with van der Waals surface area (Å²) in [5.74, 6) is 0.728. The minimum atomic E-state index is -0.486. The molecule has 1 N–H and O–H groups in total. The molecule has 7 nitrogen and oxygen atoms in total. The number of urea groups is 1. The summed E-state index contributed by atoms with van der Waals surface area (Å²) in [6.45, 7) is 0.413. The molecule has 120 valence electrons. The summed E-state index contributed by atoms with van der Waals surface area (Å²) in [5.41, 5.74) is 1.41. The molecule has 0 atom stereocenters. The van der Waals surface area contributed by atoms with E-state index >= 15 is 0 Å². The van der Waals surface area contributed by atoms with Gasteiger partial charge in [-0.25, -0.2) is 4.79 Å². The lowest BCUT2D eigenvalue weighted by Gasteiger charge is -2.18. The first-order valence-corrected chi connectivity index (χ1v) is 6.89. The van der Waals surface area contributed by atoms with Crippen LogP contribution in [0.3, 0.4) is 0 Å². The molecule has 0 aliphatic carbocycles. The number of carbonyl (C=O) groups excluding carboxylic acids is 1. The second-order valence-corrected chi connectivity index (χ2v) is 4.94. The Kier molecular flexibility index (Phi) is 5.14. The largest absolute Gasteiger partial charge is 0.497 e. The molecule has 2 amide bonds. The lowest BCUT2D eigenvalue weighted by Crippen LogP contribution is -2.30. The first-order chi connectivity index (χ1) is 11.0. The van der Waals surface area contributed by atoms with E-state index in [2.05, 4.69) is 5.32 Å². The first kappa shape index (κ1) is 16.3. The van der Waals surface area contributed by atoms with Crippen LogP contribution in [-0.2, 0) is 6.54 Å². The molecule has 0 fully saturated rings. The van der Waals surface area contributed by atoms with Gasteiger partial charge < -0.3 is 15.0 Å². The van der Waals surface area contributed by atoms with Crippen molar-refractivity contribution in [2.24, 2.45) is 0 Å². The van der Waals surface area contributed by atoms with Crippen molar-refractivity contribution in [3.8, 4) is 5.75 Å².